The fourth-order valence-electron chi connectivity index (χ4n) is 3.70. The quantitative estimate of drug-likeness (QED) is 0.208. The predicted molar refractivity (Wildman–Crippen MR) is 152 cm³/mol. The van der Waals surface area contributed by atoms with Gasteiger partial charge in [0.05, 0.1) is 4.90 Å². The molecular formula is C27H29Cl2N5O3S. The van der Waals surface area contributed by atoms with Crippen molar-refractivity contribution in [1.29, 1.82) is 5.41 Å². The topological polar surface area (TPSA) is 138 Å². The summed E-state index contributed by atoms with van der Waals surface area (Å²) >= 11 is 11.9. The molecule has 11 heteroatoms. The number of nitrogens with zero attached hydrogens (tertiary/aromatic N) is 1. The molecule has 38 heavy (non-hydrogen) atoms. The second-order valence-electron chi connectivity index (χ2n) is 8.90. The summed E-state index contributed by atoms with van der Waals surface area (Å²) in [6, 6.07) is 20.9. The van der Waals surface area contributed by atoms with Crippen molar-refractivity contribution in [2.24, 2.45) is 16.0 Å². The van der Waals surface area contributed by atoms with Gasteiger partial charge >= 0.3 is 0 Å². The molecule has 0 fully saturated rings. The molecule has 0 aliphatic heterocycles. The third-order valence-corrected chi connectivity index (χ3v) is 7.56. The second kappa shape index (κ2) is 12.9. The van der Waals surface area contributed by atoms with Gasteiger partial charge in [-0.2, -0.15) is 8.42 Å². The molecule has 3 aromatic rings. The van der Waals surface area contributed by atoms with Gasteiger partial charge in [-0.25, -0.2) is 0 Å². The highest BCUT2D eigenvalue weighted by molar-refractivity contribution is 7.90. The number of halogens is 2. The van der Waals surface area contributed by atoms with Crippen molar-refractivity contribution < 1.29 is 13.2 Å². The smallest absolute Gasteiger partial charge is 0.285 e. The summed E-state index contributed by atoms with van der Waals surface area (Å²) in [6.07, 6.45) is 0. The summed E-state index contributed by atoms with van der Waals surface area (Å²) in [4.78, 5) is 12.0. The van der Waals surface area contributed by atoms with E-state index in [1.54, 1.807) is 38.1 Å². The number of hydrogen-bond acceptors (Lipinski definition) is 4. The Morgan fingerprint density at radius 2 is 1.50 bits per heavy atom. The molecule has 0 saturated carbocycles. The van der Waals surface area contributed by atoms with E-state index in [9.17, 15) is 13.2 Å². The third kappa shape index (κ3) is 7.80. The number of nitrogens with two attached hydrogens (primary N) is 1. The van der Waals surface area contributed by atoms with Crippen LogP contribution in [0.15, 0.2) is 88.2 Å². The number of amides is 1. The summed E-state index contributed by atoms with van der Waals surface area (Å²) in [5.41, 5.74) is 7.34. The summed E-state index contributed by atoms with van der Waals surface area (Å²) in [5.74, 6) is -1.57. The molecule has 0 aliphatic carbocycles. The van der Waals surface area contributed by atoms with E-state index in [2.05, 4.69) is 15.0 Å². The van der Waals surface area contributed by atoms with Crippen molar-refractivity contribution in [3.8, 4) is 0 Å². The molecule has 2 atom stereocenters. The van der Waals surface area contributed by atoms with Crippen molar-refractivity contribution in [1.82, 2.24) is 10.6 Å². The summed E-state index contributed by atoms with van der Waals surface area (Å²) in [5, 5.41) is 15.7. The highest BCUT2D eigenvalue weighted by atomic mass is 35.5. The van der Waals surface area contributed by atoms with E-state index in [1.807, 2.05) is 30.3 Å². The van der Waals surface area contributed by atoms with E-state index in [4.69, 9.17) is 34.3 Å². The maximum Gasteiger partial charge on any atom is 0.285 e. The maximum atomic E-state index is 13.1. The molecule has 8 nitrogen and oxygen atoms in total. The van der Waals surface area contributed by atoms with Gasteiger partial charge in [-0.15, -0.1) is 4.40 Å². The molecule has 0 radical (unpaired) electrons. The molecule has 5 N–H and O–H groups in total. The van der Waals surface area contributed by atoms with E-state index in [1.165, 1.54) is 24.3 Å². The first-order chi connectivity index (χ1) is 18.0. The number of sulfonamides is 1. The predicted octanol–water partition coefficient (Wildman–Crippen LogP) is 4.58. The number of guanidine groups is 1. The Balaban J connectivity index is 1.98. The van der Waals surface area contributed by atoms with Crippen molar-refractivity contribution in [3.05, 3.63) is 100 Å². The standard InChI is InChI=1S/C27H29Cl2N5O3S/c1-17(2)25(26(31)35)33-27(34-38(36,37)22-14-12-21(29)13-15-22)32-16-23(18-6-4-3-5-7-18)24(30)19-8-10-20(28)11-9-19/h3-15,17,23,25,30H,16H2,1-2H3,(H2,31,35)(H2,32,33,34)/t23-,25-/m0/s1. The molecule has 0 saturated heterocycles. The lowest BCUT2D eigenvalue weighted by Crippen LogP contribution is -2.52. The van der Waals surface area contributed by atoms with Crippen molar-refractivity contribution >= 4 is 50.8 Å². The van der Waals surface area contributed by atoms with Gasteiger partial charge in [0.15, 0.2) is 0 Å². The third-order valence-electron chi connectivity index (χ3n) is 5.77. The van der Waals surface area contributed by atoms with Crippen LogP contribution in [0.2, 0.25) is 10.0 Å². The van der Waals surface area contributed by atoms with Crippen molar-refractivity contribution in [2.75, 3.05) is 6.54 Å². The second-order valence-corrected chi connectivity index (χ2v) is 11.4. The van der Waals surface area contributed by atoms with E-state index in [0.717, 1.165) is 5.56 Å². The first kappa shape index (κ1) is 29.2. The van der Waals surface area contributed by atoms with E-state index in [0.29, 0.717) is 15.6 Å². The van der Waals surface area contributed by atoms with Crippen LogP contribution >= 0.6 is 23.2 Å². The number of hydrogen-bond donors (Lipinski definition) is 4. The number of carbonyl (C=O) groups is 1. The molecular weight excluding hydrogens is 545 g/mol. The molecule has 0 aromatic heterocycles. The Labute approximate surface area is 232 Å². The molecule has 0 heterocycles. The lowest BCUT2D eigenvalue weighted by atomic mass is 9.90. The minimum absolute atomic E-state index is 0.0725. The normalized spacial score (nSPS) is 13.6. The van der Waals surface area contributed by atoms with Gasteiger partial charge in [-0.1, -0.05) is 79.5 Å². The molecule has 0 bridgehead atoms. The number of primary amides is 1. The van der Waals surface area contributed by atoms with Crippen LogP contribution in [0.25, 0.3) is 0 Å². The molecule has 0 aliphatic rings. The summed E-state index contributed by atoms with van der Waals surface area (Å²) in [6.45, 7) is 3.64. The molecule has 3 aromatic carbocycles. The van der Waals surface area contributed by atoms with E-state index in [-0.39, 0.29) is 29.0 Å². The Kier molecular flexibility index (Phi) is 9.90. The minimum Gasteiger partial charge on any atom is -0.368 e. The molecule has 0 spiro atoms. The number of carbonyl (C=O) groups excluding carboxylic acids is 1. The van der Waals surface area contributed by atoms with Crippen LogP contribution < -0.4 is 16.4 Å². The number of rotatable bonds is 10. The first-order valence-corrected chi connectivity index (χ1v) is 14.0. The van der Waals surface area contributed by atoms with Gasteiger partial charge in [-0.3, -0.25) is 4.79 Å². The van der Waals surface area contributed by atoms with Gasteiger partial charge in [0, 0.05) is 28.2 Å². The highest BCUT2D eigenvalue weighted by Gasteiger charge is 2.25. The fourth-order valence-corrected chi connectivity index (χ4v) is 4.90. The van der Waals surface area contributed by atoms with Crippen molar-refractivity contribution in [2.45, 2.75) is 30.7 Å². The van der Waals surface area contributed by atoms with Crippen LogP contribution in [0.1, 0.15) is 30.9 Å². The average Bonchev–Trinajstić information content (AvgIpc) is 2.87. The SMILES string of the molecule is CC(C)[C@H](N/C(=N/S(=O)(=O)c1ccc(Cl)cc1)NC[C@H](C(=N)c1ccc(Cl)cc1)c1ccccc1)C(N)=O. The van der Waals surface area contributed by atoms with Gasteiger partial charge in [0.2, 0.25) is 11.9 Å². The fraction of sp³-hybridized carbons (Fsp3) is 0.222. The first-order valence-electron chi connectivity index (χ1n) is 11.8. The Bertz CT molecular complexity index is 1390. The van der Waals surface area contributed by atoms with Gasteiger partial charge in [-0.05, 0) is 53.4 Å². The monoisotopic (exact) mass is 573 g/mol. The zero-order valence-corrected chi connectivity index (χ0v) is 23.2. The lowest BCUT2D eigenvalue weighted by molar-refractivity contribution is -0.120. The number of benzene rings is 3. The minimum atomic E-state index is -4.18. The largest absolute Gasteiger partial charge is 0.368 e. The van der Waals surface area contributed by atoms with Crippen LogP contribution in [0, 0.1) is 11.3 Å². The van der Waals surface area contributed by atoms with E-state index >= 15 is 0 Å². The number of nitrogens with one attached hydrogen (secondary N) is 3. The summed E-state index contributed by atoms with van der Waals surface area (Å²) in [7, 11) is -4.18. The van der Waals surface area contributed by atoms with Crippen LogP contribution in [0.4, 0.5) is 0 Å². The zero-order valence-electron chi connectivity index (χ0n) is 20.9. The van der Waals surface area contributed by atoms with Crippen molar-refractivity contribution in [3.63, 3.8) is 0 Å². The average molecular weight is 575 g/mol. The molecule has 3 rings (SSSR count). The summed E-state index contributed by atoms with van der Waals surface area (Å²) < 4.78 is 30.1. The zero-order chi connectivity index (χ0) is 27.9. The Hall–Kier alpha value is -3.40. The van der Waals surface area contributed by atoms with Gasteiger partial charge < -0.3 is 21.8 Å². The van der Waals surface area contributed by atoms with Crippen LogP contribution in [0.3, 0.4) is 0 Å². The lowest BCUT2D eigenvalue weighted by Gasteiger charge is -2.24. The van der Waals surface area contributed by atoms with Gasteiger partial charge in [0.25, 0.3) is 10.0 Å². The van der Waals surface area contributed by atoms with E-state index < -0.39 is 27.9 Å². The highest BCUT2D eigenvalue weighted by Crippen LogP contribution is 2.22. The Morgan fingerprint density at radius 1 is 0.947 bits per heavy atom. The van der Waals surface area contributed by atoms with Crippen LogP contribution in [0.5, 0.6) is 0 Å². The Morgan fingerprint density at radius 3 is 2.03 bits per heavy atom. The molecule has 200 valence electrons. The van der Waals surface area contributed by atoms with Gasteiger partial charge in [0.1, 0.15) is 6.04 Å². The van der Waals surface area contributed by atoms with Crippen LogP contribution in [-0.4, -0.2) is 38.6 Å². The van der Waals surface area contributed by atoms with Crippen LogP contribution in [-0.2, 0) is 14.8 Å². The molecule has 1 amide bonds. The maximum absolute atomic E-state index is 13.1. The molecule has 0 unspecified atom stereocenters.